The number of carbonyl (C=O) groups excluding carboxylic acids is 2. The molecule has 0 saturated carbocycles. The van der Waals surface area contributed by atoms with Crippen LogP contribution in [0.4, 0.5) is 0 Å². The zero-order valence-corrected chi connectivity index (χ0v) is 54.6. The lowest BCUT2D eigenvalue weighted by molar-refractivity contribution is -0.305. The van der Waals surface area contributed by atoms with Crippen LogP contribution < -0.4 is 5.32 Å². The third-order valence-electron chi connectivity index (χ3n) is 15.6. The topological polar surface area (TPSA) is 175 Å². The Kier molecular flexibility index (Phi) is 57.1. The van der Waals surface area contributed by atoms with E-state index in [1.165, 1.54) is 135 Å². The molecule has 0 radical (unpaired) electrons. The minimum absolute atomic E-state index is 0.00684. The van der Waals surface area contributed by atoms with E-state index in [1.54, 1.807) is 6.08 Å². The maximum atomic E-state index is 13.5. The molecular formula is C75H127NO10. The second kappa shape index (κ2) is 61.3. The van der Waals surface area contributed by atoms with Crippen molar-refractivity contribution in [3.63, 3.8) is 0 Å². The van der Waals surface area contributed by atoms with Crippen molar-refractivity contribution in [2.24, 2.45) is 0 Å². The number of ether oxygens (including phenoxy) is 3. The maximum Gasteiger partial charge on any atom is 0.306 e. The lowest BCUT2D eigenvalue weighted by Crippen LogP contribution is -2.61. The van der Waals surface area contributed by atoms with Gasteiger partial charge in [0.05, 0.1) is 25.4 Å². The van der Waals surface area contributed by atoms with Crippen LogP contribution in [0.5, 0.6) is 0 Å². The SMILES string of the molecule is CC/C=C\C/C=C\C/C=C\C/C=C\C/C=C\C/C=C\CCC(=O)OC1C(OCC(NC(=O)C(O)CCCCCCCCCCCCCCC/C=C\C/C=C\C/C=C\CCCCC)C(O)/C=C/CCCCCCCCCCCC)OC(CO)C(O)C1O. The molecule has 8 unspecified atom stereocenters. The van der Waals surface area contributed by atoms with Gasteiger partial charge in [-0.1, -0.05) is 290 Å². The highest BCUT2D eigenvalue weighted by molar-refractivity contribution is 5.80. The molecule has 86 heavy (non-hydrogen) atoms. The summed E-state index contributed by atoms with van der Waals surface area (Å²) >= 11 is 0. The van der Waals surface area contributed by atoms with Crippen LogP contribution in [0.1, 0.15) is 278 Å². The van der Waals surface area contributed by atoms with Gasteiger partial charge in [0, 0.05) is 6.42 Å². The molecule has 1 heterocycles. The molecule has 11 nitrogen and oxygen atoms in total. The number of nitrogens with one attached hydrogen (secondary N) is 1. The monoisotopic (exact) mass is 1200 g/mol. The predicted molar refractivity (Wildman–Crippen MR) is 361 cm³/mol. The van der Waals surface area contributed by atoms with E-state index in [-0.39, 0.29) is 19.4 Å². The molecule has 492 valence electrons. The van der Waals surface area contributed by atoms with Gasteiger partial charge in [0.15, 0.2) is 12.4 Å². The zero-order chi connectivity index (χ0) is 62.4. The molecule has 11 heteroatoms. The highest BCUT2D eigenvalue weighted by atomic mass is 16.7. The molecule has 0 aromatic rings. The highest BCUT2D eigenvalue weighted by Gasteiger charge is 2.47. The van der Waals surface area contributed by atoms with E-state index >= 15 is 0 Å². The molecule has 0 aliphatic carbocycles. The van der Waals surface area contributed by atoms with Gasteiger partial charge < -0.3 is 45.1 Å². The van der Waals surface area contributed by atoms with Crippen LogP contribution in [-0.2, 0) is 23.8 Å². The van der Waals surface area contributed by atoms with E-state index in [0.717, 1.165) is 89.9 Å². The molecule has 1 rings (SSSR count). The first-order valence-electron chi connectivity index (χ1n) is 34.8. The molecule has 1 saturated heterocycles. The van der Waals surface area contributed by atoms with Gasteiger partial charge >= 0.3 is 5.97 Å². The predicted octanol–water partition coefficient (Wildman–Crippen LogP) is 17.8. The Morgan fingerprint density at radius 3 is 1.28 bits per heavy atom. The van der Waals surface area contributed by atoms with Gasteiger partial charge in [0.1, 0.15) is 24.4 Å². The van der Waals surface area contributed by atoms with Gasteiger partial charge in [-0.15, -0.1) is 0 Å². The fourth-order valence-corrected chi connectivity index (χ4v) is 10.2. The molecule has 0 bridgehead atoms. The van der Waals surface area contributed by atoms with E-state index in [1.807, 2.05) is 18.2 Å². The van der Waals surface area contributed by atoms with E-state index in [4.69, 9.17) is 14.2 Å². The second-order valence-electron chi connectivity index (χ2n) is 23.5. The quantitative estimate of drug-likeness (QED) is 0.0195. The maximum absolute atomic E-state index is 13.5. The number of hydrogen-bond donors (Lipinski definition) is 6. The first-order valence-corrected chi connectivity index (χ1v) is 34.8. The van der Waals surface area contributed by atoms with Crippen molar-refractivity contribution in [1.29, 1.82) is 0 Å². The minimum atomic E-state index is -1.65. The van der Waals surface area contributed by atoms with E-state index in [0.29, 0.717) is 19.3 Å². The van der Waals surface area contributed by atoms with Gasteiger partial charge in [-0.2, -0.15) is 0 Å². The number of esters is 1. The van der Waals surface area contributed by atoms with Crippen LogP contribution in [0.2, 0.25) is 0 Å². The molecule has 1 aliphatic rings. The molecule has 0 spiro atoms. The van der Waals surface area contributed by atoms with Crippen molar-refractivity contribution in [3.05, 3.63) is 122 Å². The molecule has 1 fully saturated rings. The van der Waals surface area contributed by atoms with Crippen LogP contribution in [0, 0.1) is 0 Å². The average molecular weight is 1200 g/mol. The molecule has 0 aromatic carbocycles. The van der Waals surface area contributed by atoms with Gasteiger partial charge in [0.25, 0.3) is 0 Å². The van der Waals surface area contributed by atoms with Crippen molar-refractivity contribution in [3.8, 4) is 0 Å². The summed E-state index contributed by atoms with van der Waals surface area (Å²) in [5, 5.41) is 57.2. The zero-order valence-electron chi connectivity index (χ0n) is 54.6. The molecule has 6 N–H and O–H groups in total. The van der Waals surface area contributed by atoms with Gasteiger partial charge in [-0.25, -0.2) is 0 Å². The smallest absolute Gasteiger partial charge is 0.306 e. The summed E-state index contributed by atoms with van der Waals surface area (Å²) in [4.78, 5) is 26.6. The summed E-state index contributed by atoms with van der Waals surface area (Å²) < 4.78 is 17.6. The number of hydrogen-bond acceptors (Lipinski definition) is 10. The van der Waals surface area contributed by atoms with Crippen LogP contribution in [-0.4, -0.2) is 99.6 Å². The first-order chi connectivity index (χ1) is 42.2. The van der Waals surface area contributed by atoms with E-state index in [9.17, 15) is 35.1 Å². The number of unbranched alkanes of at least 4 members (excludes halogenated alkanes) is 26. The molecule has 8 atom stereocenters. The van der Waals surface area contributed by atoms with Gasteiger partial charge in [-0.3, -0.25) is 9.59 Å². The lowest BCUT2D eigenvalue weighted by atomic mass is 9.99. The Morgan fingerprint density at radius 2 is 0.837 bits per heavy atom. The molecule has 0 aromatic heterocycles. The van der Waals surface area contributed by atoms with Crippen molar-refractivity contribution < 1.29 is 49.3 Å². The Morgan fingerprint density at radius 1 is 0.465 bits per heavy atom. The standard InChI is InChI=1S/C75H127NO10/c1-4-7-10-13-16-19-22-25-27-29-31-32-33-34-35-36-37-39-40-42-44-47-50-53-56-59-62-68(79)74(83)76-66(67(78)61-58-55-52-49-46-24-21-18-15-12-9-6-3)65-84-75-73(72(82)71(81)69(64-77)85-75)86-70(80)63-60-57-54-51-48-45-43-41-38-30-28-26-23-20-17-14-11-8-5-2/h8,11,16-17,19-20,25-28,31-32,38,41,45,48,54,57-58,61,66-69,71-73,75,77-79,81-82H,4-7,9-10,12-15,18,21-24,29-30,33-37,39-40,42-44,46-47,49-53,55-56,59-60,62-65H2,1-3H3,(H,76,83)/b11-8-,19-16-,20-17-,27-25-,28-26-,32-31-,41-38-,48-45-,57-54-,61-58+. The molecule has 1 amide bonds. The summed E-state index contributed by atoms with van der Waals surface area (Å²) in [6.45, 7) is 5.62. The molecular weight excluding hydrogens is 1070 g/mol. The fourth-order valence-electron chi connectivity index (χ4n) is 10.2. The van der Waals surface area contributed by atoms with E-state index in [2.05, 4.69) is 123 Å². The van der Waals surface area contributed by atoms with Crippen molar-refractivity contribution in [2.75, 3.05) is 13.2 Å². The Bertz CT molecular complexity index is 1860. The number of aliphatic hydroxyl groups excluding tert-OH is 5. The van der Waals surface area contributed by atoms with Crippen LogP contribution >= 0.6 is 0 Å². The normalized spacial score (nSPS) is 19.1. The second-order valence-corrected chi connectivity index (χ2v) is 23.5. The Labute approximate surface area is 525 Å². The number of allylic oxidation sites excluding steroid dienone is 19. The van der Waals surface area contributed by atoms with Crippen molar-refractivity contribution in [2.45, 2.75) is 327 Å². The van der Waals surface area contributed by atoms with Gasteiger partial charge in [0.2, 0.25) is 5.91 Å². The summed E-state index contributed by atoms with van der Waals surface area (Å²) in [6, 6.07) is -1.05. The highest BCUT2D eigenvalue weighted by Crippen LogP contribution is 2.26. The Hall–Kier alpha value is -3.94. The number of aliphatic hydroxyl groups is 5. The lowest BCUT2D eigenvalue weighted by Gasteiger charge is -2.41. The largest absolute Gasteiger partial charge is 0.454 e. The van der Waals surface area contributed by atoms with E-state index < -0.39 is 67.4 Å². The third kappa shape index (κ3) is 48.0. The summed E-state index contributed by atoms with van der Waals surface area (Å²) in [5.41, 5.74) is 0. The minimum Gasteiger partial charge on any atom is -0.454 e. The summed E-state index contributed by atoms with van der Waals surface area (Å²) in [7, 11) is 0. The van der Waals surface area contributed by atoms with Crippen molar-refractivity contribution >= 4 is 11.9 Å². The number of amides is 1. The molecule has 1 aliphatic heterocycles. The number of rotatable bonds is 58. The van der Waals surface area contributed by atoms with Crippen LogP contribution in [0.25, 0.3) is 0 Å². The summed E-state index contributed by atoms with van der Waals surface area (Å²) in [5.74, 6) is -1.29. The van der Waals surface area contributed by atoms with Crippen LogP contribution in [0.3, 0.4) is 0 Å². The van der Waals surface area contributed by atoms with Crippen molar-refractivity contribution in [1.82, 2.24) is 5.32 Å². The number of carbonyl (C=O) groups is 2. The third-order valence-corrected chi connectivity index (χ3v) is 15.6. The Balaban J connectivity index is 2.62. The van der Waals surface area contributed by atoms with Gasteiger partial charge in [-0.05, 0) is 103 Å². The van der Waals surface area contributed by atoms with Crippen LogP contribution in [0.15, 0.2) is 122 Å². The fraction of sp³-hybridized carbons (Fsp3) is 0.707. The average Bonchev–Trinajstić information content (AvgIpc) is 3.01. The summed E-state index contributed by atoms with van der Waals surface area (Å²) in [6.07, 6.45) is 75.4. The first kappa shape index (κ1) is 80.1.